The Bertz CT molecular complexity index is 381. The Hall–Kier alpha value is -1.06. The third kappa shape index (κ3) is 3.95. The molecule has 0 aromatic heterocycles. The maximum atomic E-state index is 5.03. The highest BCUT2D eigenvalue weighted by molar-refractivity contribution is 5.56. The van der Waals surface area contributed by atoms with Crippen molar-refractivity contribution in [3.63, 3.8) is 0 Å². The molecule has 0 amide bonds. The molecular formula is C16H26N2O. The average Bonchev–Trinajstić information content (AvgIpc) is 2.44. The molecule has 1 aromatic carbocycles. The fourth-order valence-corrected chi connectivity index (χ4v) is 2.77. The van der Waals surface area contributed by atoms with Gasteiger partial charge in [-0.25, -0.2) is 0 Å². The molecule has 0 spiro atoms. The van der Waals surface area contributed by atoms with Crippen LogP contribution in [0, 0.1) is 0 Å². The molecule has 1 aromatic rings. The lowest BCUT2D eigenvalue weighted by molar-refractivity contribution is 0.199. The van der Waals surface area contributed by atoms with E-state index in [1.165, 1.54) is 30.5 Å². The number of anilines is 1. The number of hydrogen-bond acceptors (Lipinski definition) is 3. The molecule has 0 bridgehead atoms. The zero-order valence-electron chi connectivity index (χ0n) is 12.2. The van der Waals surface area contributed by atoms with Gasteiger partial charge in [-0.05, 0) is 44.4 Å². The number of para-hydroxylation sites is 1. The zero-order valence-corrected chi connectivity index (χ0v) is 12.2. The number of aryl methyl sites for hydroxylation is 1. The van der Waals surface area contributed by atoms with Crippen molar-refractivity contribution in [2.45, 2.75) is 32.2 Å². The second kappa shape index (κ2) is 7.51. The van der Waals surface area contributed by atoms with Gasteiger partial charge in [0.25, 0.3) is 0 Å². The quantitative estimate of drug-likeness (QED) is 0.764. The van der Waals surface area contributed by atoms with Gasteiger partial charge in [0.2, 0.25) is 0 Å². The largest absolute Gasteiger partial charge is 0.383 e. The van der Waals surface area contributed by atoms with Gasteiger partial charge >= 0.3 is 0 Å². The van der Waals surface area contributed by atoms with Crippen LogP contribution >= 0.6 is 0 Å². The van der Waals surface area contributed by atoms with Crippen molar-refractivity contribution in [1.82, 2.24) is 5.32 Å². The number of nitrogens with zero attached hydrogens (tertiary/aromatic N) is 1. The van der Waals surface area contributed by atoms with Crippen LogP contribution in [0.2, 0.25) is 0 Å². The Balaban J connectivity index is 1.82. The van der Waals surface area contributed by atoms with Crippen molar-refractivity contribution in [1.29, 1.82) is 0 Å². The number of rotatable bonds is 7. The minimum Gasteiger partial charge on any atom is -0.383 e. The van der Waals surface area contributed by atoms with Crippen LogP contribution in [0.4, 0.5) is 5.69 Å². The Morgan fingerprint density at radius 3 is 3.00 bits per heavy atom. The van der Waals surface area contributed by atoms with Crippen LogP contribution in [-0.2, 0) is 11.2 Å². The van der Waals surface area contributed by atoms with Gasteiger partial charge in [0.1, 0.15) is 0 Å². The first-order valence-electron chi connectivity index (χ1n) is 7.37. The first-order valence-corrected chi connectivity index (χ1v) is 7.37. The van der Waals surface area contributed by atoms with Crippen LogP contribution in [0.15, 0.2) is 24.3 Å². The van der Waals surface area contributed by atoms with Crippen LogP contribution in [0.1, 0.15) is 25.3 Å². The van der Waals surface area contributed by atoms with E-state index >= 15 is 0 Å². The standard InChI is InChI=1S/C16H26N2O/c1-14-8-9-15-6-3-4-7-16(15)18(14)12-5-10-17-11-13-19-2/h3-4,6-7,14,17H,5,8-13H2,1-2H3. The van der Waals surface area contributed by atoms with E-state index in [1.54, 1.807) is 7.11 Å². The number of benzene rings is 1. The lowest BCUT2D eigenvalue weighted by Crippen LogP contribution is -2.39. The Labute approximate surface area is 116 Å². The summed E-state index contributed by atoms with van der Waals surface area (Å²) in [5.41, 5.74) is 2.95. The summed E-state index contributed by atoms with van der Waals surface area (Å²) in [6.45, 7) is 6.28. The molecule has 1 heterocycles. The van der Waals surface area contributed by atoms with Gasteiger partial charge in [0.05, 0.1) is 6.61 Å². The van der Waals surface area contributed by atoms with E-state index in [0.717, 1.165) is 26.2 Å². The van der Waals surface area contributed by atoms with Crippen molar-refractivity contribution in [3.05, 3.63) is 29.8 Å². The molecule has 0 radical (unpaired) electrons. The second-order valence-electron chi connectivity index (χ2n) is 5.31. The van der Waals surface area contributed by atoms with Crippen molar-refractivity contribution >= 4 is 5.69 Å². The van der Waals surface area contributed by atoms with Crippen LogP contribution in [-0.4, -0.2) is 39.4 Å². The summed E-state index contributed by atoms with van der Waals surface area (Å²) >= 11 is 0. The number of fused-ring (bicyclic) bond motifs is 1. The van der Waals surface area contributed by atoms with Crippen LogP contribution in [0.3, 0.4) is 0 Å². The topological polar surface area (TPSA) is 24.5 Å². The third-order valence-corrected chi connectivity index (χ3v) is 3.90. The summed E-state index contributed by atoms with van der Waals surface area (Å²) in [5.74, 6) is 0. The van der Waals surface area contributed by atoms with Gasteiger partial charge < -0.3 is 15.0 Å². The van der Waals surface area contributed by atoms with Crippen molar-refractivity contribution in [2.75, 3.05) is 38.3 Å². The molecule has 3 nitrogen and oxygen atoms in total. The fourth-order valence-electron chi connectivity index (χ4n) is 2.77. The molecule has 1 aliphatic rings. The minimum absolute atomic E-state index is 0.661. The molecule has 1 aliphatic heterocycles. The molecule has 19 heavy (non-hydrogen) atoms. The van der Waals surface area contributed by atoms with Gasteiger partial charge in [-0.2, -0.15) is 0 Å². The number of methoxy groups -OCH3 is 1. The number of hydrogen-bond donors (Lipinski definition) is 1. The molecule has 3 heteroatoms. The average molecular weight is 262 g/mol. The van der Waals surface area contributed by atoms with Crippen molar-refractivity contribution in [3.8, 4) is 0 Å². The highest BCUT2D eigenvalue weighted by Crippen LogP contribution is 2.30. The summed E-state index contributed by atoms with van der Waals surface area (Å²) in [6, 6.07) is 9.50. The normalized spacial score (nSPS) is 18.4. The molecular weight excluding hydrogens is 236 g/mol. The monoisotopic (exact) mass is 262 g/mol. The Morgan fingerprint density at radius 2 is 2.16 bits per heavy atom. The van der Waals surface area contributed by atoms with E-state index in [0.29, 0.717) is 6.04 Å². The highest BCUT2D eigenvalue weighted by atomic mass is 16.5. The van der Waals surface area contributed by atoms with Crippen LogP contribution in [0.5, 0.6) is 0 Å². The van der Waals surface area contributed by atoms with Gasteiger partial charge in [-0.1, -0.05) is 18.2 Å². The number of nitrogens with one attached hydrogen (secondary N) is 1. The fraction of sp³-hybridized carbons (Fsp3) is 0.625. The molecule has 0 saturated heterocycles. The number of ether oxygens (including phenoxy) is 1. The van der Waals surface area contributed by atoms with Crippen molar-refractivity contribution in [2.24, 2.45) is 0 Å². The lowest BCUT2D eigenvalue weighted by atomic mass is 9.96. The molecule has 1 unspecified atom stereocenters. The Morgan fingerprint density at radius 1 is 1.32 bits per heavy atom. The Kier molecular flexibility index (Phi) is 5.67. The summed E-state index contributed by atoms with van der Waals surface area (Å²) < 4.78 is 5.03. The van der Waals surface area contributed by atoms with Gasteiger partial charge in [0, 0.05) is 31.9 Å². The molecule has 1 N–H and O–H groups in total. The smallest absolute Gasteiger partial charge is 0.0587 e. The van der Waals surface area contributed by atoms with Crippen LogP contribution in [0.25, 0.3) is 0 Å². The molecule has 0 aliphatic carbocycles. The van der Waals surface area contributed by atoms with Crippen molar-refractivity contribution < 1.29 is 4.74 Å². The van der Waals surface area contributed by atoms with Gasteiger partial charge in [-0.3, -0.25) is 0 Å². The highest BCUT2D eigenvalue weighted by Gasteiger charge is 2.21. The minimum atomic E-state index is 0.661. The molecule has 1 atom stereocenters. The summed E-state index contributed by atoms with van der Waals surface area (Å²) in [7, 11) is 1.74. The van der Waals surface area contributed by atoms with E-state index in [2.05, 4.69) is 41.4 Å². The SMILES string of the molecule is COCCNCCCN1c2ccccc2CCC1C. The third-order valence-electron chi connectivity index (χ3n) is 3.90. The molecule has 106 valence electrons. The molecule has 2 rings (SSSR count). The van der Waals surface area contributed by atoms with Gasteiger partial charge in [0.15, 0.2) is 0 Å². The van der Waals surface area contributed by atoms with E-state index in [1.807, 2.05) is 0 Å². The van der Waals surface area contributed by atoms with Gasteiger partial charge in [-0.15, -0.1) is 0 Å². The second-order valence-corrected chi connectivity index (χ2v) is 5.31. The summed E-state index contributed by atoms with van der Waals surface area (Å²) in [4.78, 5) is 2.57. The van der Waals surface area contributed by atoms with E-state index in [4.69, 9.17) is 4.74 Å². The summed E-state index contributed by atoms with van der Waals surface area (Å²) in [6.07, 6.45) is 3.68. The van der Waals surface area contributed by atoms with Crippen LogP contribution < -0.4 is 10.2 Å². The van der Waals surface area contributed by atoms with E-state index < -0.39 is 0 Å². The first-order chi connectivity index (χ1) is 9.33. The zero-order chi connectivity index (χ0) is 13.5. The van der Waals surface area contributed by atoms with E-state index in [9.17, 15) is 0 Å². The van der Waals surface area contributed by atoms with E-state index in [-0.39, 0.29) is 0 Å². The molecule has 0 fully saturated rings. The first kappa shape index (κ1) is 14.4. The molecule has 0 saturated carbocycles. The maximum Gasteiger partial charge on any atom is 0.0587 e. The maximum absolute atomic E-state index is 5.03. The lowest BCUT2D eigenvalue weighted by Gasteiger charge is -2.37. The summed E-state index contributed by atoms with van der Waals surface area (Å²) in [5, 5.41) is 3.41. The predicted octanol–water partition coefficient (Wildman–Crippen LogP) is 2.45. The predicted molar refractivity (Wildman–Crippen MR) is 80.9 cm³/mol.